The highest BCUT2D eigenvalue weighted by Gasteiger charge is 2.42. The normalized spacial score (nSPS) is 17.4. The van der Waals surface area contributed by atoms with Crippen LogP contribution in [0.15, 0.2) is 17.5 Å². The lowest BCUT2D eigenvalue weighted by Crippen LogP contribution is -2.31. The highest BCUT2D eigenvalue weighted by atomic mass is 32.1. The molecule has 17 heavy (non-hydrogen) atoms. The molecule has 0 unspecified atom stereocenters. The van der Waals surface area contributed by atoms with E-state index in [2.05, 4.69) is 22.5 Å². The first-order valence-corrected chi connectivity index (χ1v) is 7.38. The Labute approximate surface area is 109 Å². The number of nitrogens with zero attached hydrogens (tertiary/aromatic N) is 2. The molecule has 0 radical (unpaired) electrons. The number of hydrogen-bond donors (Lipinski definition) is 0. The first-order valence-electron chi connectivity index (χ1n) is 5.68. The van der Waals surface area contributed by atoms with E-state index in [-0.39, 0.29) is 5.41 Å². The van der Waals surface area contributed by atoms with E-state index >= 15 is 0 Å². The second kappa shape index (κ2) is 3.94. The molecule has 0 amide bonds. The zero-order valence-electron chi connectivity index (χ0n) is 9.56. The highest BCUT2D eigenvalue weighted by molar-refractivity contribution is 7.21. The Kier molecular flexibility index (Phi) is 2.53. The molecule has 0 atom stereocenters. The molecule has 2 nitrogen and oxygen atoms in total. The van der Waals surface area contributed by atoms with Gasteiger partial charge in [0.2, 0.25) is 0 Å². The van der Waals surface area contributed by atoms with E-state index in [1.165, 1.54) is 16.2 Å². The molecule has 1 saturated carbocycles. The third-order valence-electron chi connectivity index (χ3n) is 3.38. The molecule has 2 aromatic heterocycles. The molecule has 1 aliphatic rings. The number of nitriles is 1. The summed E-state index contributed by atoms with van der Waals surface area (Å²) in [6, 6.07) is 6.64. The minimum atomic E-state index is -0.225. The van der Waals surface area contributed by atoms with Gasteiger partial charge in [-0.15, -0.1) is 22.7 Å². The van der Waals surface area contributed by atoms with Gasteiger partial charge in [-0.05, 0) is 37.6 Å². The average molecular weight is 260 g/mol. The number of hydrogen-bond acceptors (Lipinski definition) is 4. The van der Waals surface area contributed by atoms with Gasteiger partial charge in [-0.1, -0.05) is 6.07 Å². The molecule has 2 aromatic rings. The standard InChI is InChI=1S/C13H12N2S2/c1-9-11(13(8-14)5-3-6-13)17-12(15-9)10-4-2-7-16-10/h2,4,7H,3,5-6H2,1H3. The largest absolute Gasteiger partial charge is 0.240 e. The van der Waals surface area contributed by atoms with E-state index in [1.54, 1.807) is 22.7 Å². The van der Waals surface area contributed by atoms with Crippen LogP contribution in [0.25, 0.3) is 9.88 Å². The molecular weight excluding hydrogens is 248 g/mol. The molecule has 0 aliphatic heterocycles. The zero-order chi connectivity index (χ0) is 11.9. The number of thiophene rings is 1. The van der Waals surface area contributed by atoms with Crippen LogP contribution in [0, 0.1) is 18.3 Å². The fourth-order valence-electron chi connectivity index (χ4n) is 2.27. The van der Waals surface area contributed by atoms with Crippen molar-refractivity contribution < 1.29 is 0 Å². The summed E-state index contributed by atoms with van der Waals surface area (Å²) in [7, 11) is 0. The van der Waals surface area contributed by atoms with Gasteiger partial charge in [0.15, 0.2) is 0 Å². The Hall–Kier alpha value is -1.18. The van der Waals surface area contributed by atoms with Crippen LogP contribution in [-0.4, -0.2) is 4.98 Å². The van der Waals surface area contributed by atoms with E-state index in [1.807, 2.05) is 13.0 Å². The SMILES string of the molecule is Cc1nc(-c2cccs2)sc1C1(C#N)CCC1. The Balaban J connectivity index is 2.05. The Morgan fingerprint density at radius 2 is 2.29 bits per heavy atom. The van der Waals surface area contributed by atoms with E-state index in [4.69, 9.17) is 0 Å². The minimum absolute atomic E-state index is 0.225. The molecule has 0 N–H and O–H groups in total. The van der Waals surface area contributed by atoms with Gasteiger partial charge < -0.3 is 0 Å². The van der Waals surface area contributed by atoms with Gasteiger partial charge >= 0.3 is 0 Å². The maximum absolute atomic E-state index is 9.39. The Morgan fingerprint density at radius 3 is 2.82 bits per heavy atom. The number of thiazole rings is 1. The number of aryl methyl sites for hydroxylation is 1. The summed E-state index contributed by atoms with van der Waals surface area (Å²) in [6.45, 7) is 2.03. The fraction of sp³-hybridized carbons (Fsp3) is 0.385. The van der Waals surface area contributed by atoms with E-state index < -0.39 is 0 Å². The molecule has 0 aromatic carbocycles. The summed E-state index contributed by atoms with van der Waals surface area (Å²) >= 11 is 3.41. The first-order chi connectivity index (χ1) is 8.25. The highest BCUT2D eigenvalue weighted by Crippen LogP contribution is 2.48. The molecule has 0 spiro atoms. The van der Waals surface area contributed by atoms with Crippen molar-refractivity contribution in [2.45, 2.75) is 31.6 Å². The number of aromatic nitrogens is 1. The summed E-state index contributed by atoms with van der Waals surface area (Å²) < 4.78 is 0. The van der Waals surface area contributed by atoms with Gasteiger partial charge in [0, 0.05) is 4.88 Å². The van der Waals surface area contributed by atoms with Crippen molar-refractivity contribution in [1.29, 1.82) is 5.26 Å². The van der Waals surface area contributed by atoms with Crippen LogP contribution in [-0.2, 0) is 5.41 Å². The monoisotopic (exact) mass is 260 g/mol. The molecule has 0 saturated heterocycles. The smallest absolute Gasteiger partial charge is 0.133 e. The minimum Gasteiger partial charge on any atom is -0.240 e. The van der Waals surface area contributed by atoms with Crippen molar-refractivity contribution in [1.82, 2.24) is 4.98 Å². The van der Waals surface area contributed by atoms with E-state index in [9.17, 15) is 5.26 Å². The average Bonchev–Trinajstić information content (AvgIpc) is 2.87. The lowest BCUT2D eigenvalue weighted by atomic mass is 9.68. The van der Waals surface area contributed by atoms with Crippen LogP contribution in [0.2, 0.25) is 0 Å². The molecule has 86 valence electrons. The van der Waals surface area contributed by atoms with Crippen molar-refractivity contribution >= 4 is 22.7 Å². The van der Waals surface area contributed by atoms with Crippen molar-refractivity contribution in [3.63, 3.8) is 0 Å². The fourth-order valence-corrected chi connectivity index (χ4v) is 4.33. The second-order valence-electron chi connectivity index (χ2n) is 4.46. The third kappa shape index (κ3) is 1.62. The summed E-state index contributed by atoms with van der Waals surface area (Å²) in [4.78, 5) is 7.02. The first kappa shape index (κ1) is 10.9. The topological polar surface area (TPSA) is 36.7 Å². The van der Waals surface area contributed by atoms with Crippen LogP contribution in [0.3, 0.4) is 0 Å². The van der Waals surface area contributed by atoms with Gasteiger partial charge in [0.05, 0.1) is 22.1 Å². The van der Waals surface area contributed by atoms with Gasteiger partial charge in [0.25, 0.3) is 0 Å². The Morgan fingerprint density at radius 1 is 1.47 bits per heavy atom. The predicted molar refractivity (Wildman–Crippen MR) is 71.3 cm³/mol. The van der Waals surface area contributed by atoms with Gasteiger partial charge in [-0.2, -0.15) is 5.26 Å². The molecule has 1 fully saturated rings. The molecule has 3 rings (SSSR count). The quantitative estimate of drug-likeness (QED) is 0.814. The molecular formula is C13H12N2S2. The maximum Gasteiger partial charge on any atom is 0.133 e. The lowest BCUT2D eigenvalue weighted by molar-refractivity contribution is 0.328. The van der Waals surface area contributed by atoms with Crippen LogP contribution in [0.1, 0.15) is 29.8 Å². The summed E-state index contributed by atoms with van der Waals surface area (Å²) in [5, 5.41) is 12.5. The van der Waals surface area contributed by atoms with Gasteiger partial charge in [-0.3, -0.25) is 0 Å². The van der Waals surface area contributed by atoms with Crippen molar-refractivity contribution in [3.05, 3.63) is 28.1 Å². The molecule has 0 bridgehead atoms. The predicted octanol–water partition coefficient (Wildman–Crippen LogP) is 4.13. The van der Waals surface area contributed by atoms with E-state index in [0.29, 0.717) is 0 Å². The Bertz CT molecular complexity index is 571. The van der Waals surface area contributed by atoms with Crippen molar-refractivity contribution in [3.8, 4) is 16.0 Å². The van der Waals surface area contributed by atoms with E-state index in [0.717, 1.165) is 23.5 Å². The zero-order valence-corrected chi connectivity index (χ0v) is 11.2. The molecule has 4 heteroatoms. The third-order valence-corrected chi connectivity index (χ3v) is 5.78. The van der Waals surface area contributed by atoms with Gasteiger partial charge in [-0.25, -0.2) is 4.98 Å². The van der Waals surface area contributed by atoms with Crippen LogP contribution in [0.4, 0.5) is 0 Å². The maximum atomic E-state index is 9.39. The van der Waals surface area contributed by atoms with Crippen molar-refractivity contribution in [2.75, 3.05) is 0 Å². The number of rotatable bonds is 2. The van der Waals surface area contributed by atoms with Crippen LogP contribution < -0.4 is 0 Å². The summed E-state index contributed by atoms with van der Waals surface area (Å²) in [6.07, 6.45) is 3.16. The summed E-state index contributed by atoms with van der Waals surface area (Å²) in [5.74, 6) is 0. The van der Waals surface area contributed by atoms with Gasteiger partial charge in [0.1, 0.15) is 5.01 Å². The summed E-state index contributed by atoms with van der Waals surface area (Å²) in [5.41, 5.74) is 0.816. The lowest BCUT2D eigenvalue weighted by Gasteiger charge is -2.34. The second-order valence-corrected chi connectivity index (χ2v) is 6.41. The molecule has 2 heterocycles. The van der Waals surface area contributed by atoms with Crippen molar-refractivity contribution in [2.24, 2.45) is 0 Å². The van der Waals surface area contributed by atoms with Crippen LogP contribution in [0.5, 0.6) is 0 Å². The van der Waals surface area contributed by atoms with Crippen LogP contribution >= 0.6 is 22.7 Å². The molecule has 1 aliphatic carbocycles.